The number of amides is 1. The van der Waals surface area contributed by atoms with Crippen molar-refractivity contribution in [2.24, 2.45) is 0 Å². The van der Waals surface area contributed by atoms with Crippen LogP contribution < -0.4 is 10.0 Å². The first-order valence-electron chi connectivity index (χ1n) is 12.8. The molecular formula is C26H34N4O5S. The minimum absolute atomic E-state index is 0.0635. The van der Waals surface area contributed by atoms with E-state index >= 15 is 0 Å². The first-order chi connectivity index (χ1) is 17.5. The standard InChI is InChI=1S/C26H34N4O5S/c31-13-9-27-36(33,34)18-7-8-24-21(16-18)22(26(32)29-24)17-25-20(19-4-1-2-6-23(19)28-25)5-3-10-30-11-14-35-15-12-30/h7-8,16-17,27-28,31H,1-6,9-15H2,(H,29,32)/b22-17+. The van der Waals surface area contributed by atoms with Gasteiger partial charge in [-0.05, 0) is 80.5 Å². The van der Waals surface area contributed by atoms with Crippen LogP contribution in [0.5, 0.6) is 0 Å². The maximum absolute atomic E-state index is 12.9. The van der Waals surface area contributed by atoms with E-state index in [-0.39, 0.29) is 24.0 Å². The van der Waals surface area contributed by atoms with Crippen molar-refractivity contribution in [2.75, 3.05) is 51.3 Å². The summed E-state index contributed by atoms with van der Waals surface area (Å²) in [4.78, 5) is 19.0. The molecule has 4 N–H and O–H groups in total. The third-order valence-electron chi connectivity index (χ3n) is 7.22. The maximum atomic E-state index is 12.9. The van der Waals surface area contributed by atoms with Crippen molar-refractivity contribution in [3.8, 4) is 0 Å². The number of hydrogen-bond donors (Lipinski definition) is 4. The zero-order chi connectivity index (χ0) is 25.1. The predicted molar refractivity (Wildman–Crippen MR) is 138 cm³/mol. The quantitative estimate of drug-likeness (QED) is 0.379. The molecule has 0 atom stereocenters. The first kappa shape index (κ1) is 25.2. The van der Waals surface area contributed by atoms with Crippen LogP contribution in [0, 0.1) is 0 Å². The highest BCUT2D eigenvalue weighted by atomic mass is 32.2. The number of aryl methyl sites for hydroxylation is 1. The Hall–Kier alpha value is -2.50. The third kappa shape index (κ3) is 5.28. The van der Waals surface area contributed by atoms with Gasteiger partial charge in [-0.15, -0.1) is 0 Å². The number of carbonyl (C=O) groups excluding carboxylic acids is 1. The number of sulfonamides is 1. The molecule has 0 bridgehead atoms. The number of carbonyl (C=O) groups is 1. The Morgan fingerprint density at radius 1 is 1.17 bits per heavy atom. The van der Waals surface area contributed by atoms with Crippen LogP contribution in [0.4, 0.5) is 5.69 Å². The number of aromatic amines is 1. The third-order valence-corrected chi connectivity index (χ3v) is 8.68. The molecule has 5 rings (SSSR count). The number of nitrogens with zero attached hydrogens (tertiary/aromatic N) is 1. The molecule has 0 radical (unpaired) electrons. The molecule has 0 saturated carbocycles. The summed E-state index contributed by atoms with van der Waals surface area (Å²) < 4.78 is 33.0. The van der Waals surface area contributed by atoms with Gasteiger partial charge in [0.15, 0.2) is 0 Å². The van der Waals surface area contributed by atoms with Gasteiger partial charge in [0.05, 0.1) is 30.3 Å². The molecule has 0 unspecified atom stereocenters. The van der Waals surface area contributed by atoms with Gasteiger partial charge in [-0.1, -0.05) is 0 Å². The van der Waals surface area contributed by atoms with Crippen molar-refractivity contribution in [1.29, 1.82) is 0 Å². The van der Waals surface area contributed by atoms with Crippen LogP contribution in [0.2, 0.25) is 0 Å². The van der Waals surface area contributed by atoms with Gasteiger partial charge in [0, 0.05) is 42.3 Å². The second-order valence-corrected chi connectivity index (χ2v) is 11.3. The summed E-state index contributed by atoms with van der Waals surface area (Å²) in [6, 6.07) is 4.61. The summed E-state index contributed by atoms with van der Waals surface area (Å²) in [7, 11) is -3.79. The number of aromatic nitrogens is 1. The van der Waals surface area contributed by atoms with E-state index in [1.165, 1.54) is 35.4 Å². The largest absolute Gasteiger partial charge is 0.395 e. The van der Waals surface area contributed by atoms with Crippen molar-refractivity contribution in [3.05, 3.63) is 46.3 Å². The fourth-order valence-electron chi connectivity index (χ4n) is 5.38. The van der Waals surface area contributed by atoms with Crippen LogP contribution in [0.15, 0.2) is 23.1 Å². The van der Waals surface area contributed by atoms with Gasteiger partial charge in [-0.25, -0.2) is 13.1 Å². The average molecular weight is 515 g/mol. The SMILES string of the molecule is O=C1Nc2ccc(S(=O)(=O)NCCO)cc2/C1=C\c1[nH]c2c(c1CCCN1CCOCC1)CCCC2. The van der Waals surface area contributed by atoms with E-state index in [4.69, 9.17) is 9.84 Å². The molecule has 0 spiro atoms. The minimum atomic E-state index is -3.79. The van der Waals surface area contributed by atoms with Crippen molar-refractivity contribution >= 4 is 33.3 Å². The summed E-state index contributed by atoms with van der Waals surface area (Å²) in [5, 5.41) is 11.9. The van der Waals surface area contributed by atoms with Crippen molar-refractivity contribution in [1.82, 2.24) is 14.6 Å². The lowest BCUT2D eigenvalue weighted by Gasteiger charge is -2.26. The maximum Gasteiger partial charge on any atom is 0.256 e. The lowest BCUT2D eigenvalue weighted by Crippen LogP contribution is -2.37. The summed E-state index contributed by atoms with van der Waals surface area (Å²) in [6.07, 6.45) is 8.23. The monoisotopic (exact) mass is 514 g/mol. The Kier molecular flexibility index (Phi) is 7.59. The lowest BCUT2D eigenvalue weighted by atomic mass is 9.92. The van der Waals surface area contributed by atoms with Gasteiger partial charge in [0.2, 0.25) is 10.0 Å². The molecule has 1 amide bonds. The molecular weight excluding hydrogens is 480 g/mol. The molecule has 1 saturated heterocycles. The molecule has 3 heterocycles. The predicted octanol–water partition coefficient (Wildman–Crippen LogP) is 1.92. The fraction of sp³-hybridized carbons (Fsp3) is 0.500. The Balaban J connectivity index is 1.45. The topological polar surface area (TPSA) is 124 Å². The molecule has 3 aliphatic rings. The smallest absolute Gasteiger partial charge is 0.256 e. The molecule has 2 aliphatic heterocycles. The van der Waals surface area contributed by atoms with Crippen LogP contribution in [-0.4, -0.2) is 75.3 Å². The molecule has 1 aromatic heterocycles. The van der Waals surface area contributed by atoms with Gasteiger partial charge >= 0.3 is 0 Å². The highest BCUT2D eigenvalue weighted by Gasteiger charge is 2.28. The van der Waals surface area contributed by atoms with Crippen LogP contribution in [0.3, 0.4) is 0 Å². The van der Waals surface area contributed by atoms with E-state index in [0.29, 0.717) is 16.8 Å². The number of H-pyrrole nitrogens is 1. The van der Waals surface area contributed by atoms with E-state index in [9.17, 15) is 13.2 Å². The van der Waals surface area contributed by atoms with Crippen LogP contribution >= 0.6 is 0 Å². The minimum Gasteiger partial charge on any atom is -0.395 e. The number of ether oxygens (including phenoxy) is 1. The summed E-state index contributed by atoms with van der Waals surface area (Å²) in [5.74, 6) is -0.241. The number of nitrogens with one attached hydrogen (secondary N) is 3. The number of aliphatic hydroxyl groups excluding tert-OH is 1. The van der Waals surface area contributed by atoms with Gasteiger partial charge in [0.1, 0.15) is 0 Å². The van der Waals surface area contributed by atoms with Crippen molar-refractivity contribution in [2.45, 2.75) is 43.4 Å². The average Bonchev–Trinajstić information content (AvgIpc) is 3.40. The van der Waals surface area contributed by atoms with Gasteiger partial charge in [-0.3, -0.25) is 9.69 Å². The summed E-state index contributed by atoms with van der Waals surface area (Å²) >= 11 is 0. The lowest BCUT2D eigenvalue weighted by molar-refractivity contribution is -0.110. The van der Waals surface area contributed by atoms with E-state index < -0.39 is 10.0 Å². The molecule has 2 aromatic rings. The van der Waals surface area contributed by atoms with Gasteiger partial charge < -0.3 is 20.1 Å². The van der Waals surface area contributed by atoms with Crippen LogP contribution in [0.1, 0.15) is 47.3 Å². The number of rotatable bonds is 9. The Morgan fingerprint density at radius 2 is 1.97 bits per heavy atom. The summed E-state index contributed by atoms with van der Waals surface area (Å²) in [6.45, 7) is 4.18. The molecule has 10 heteroatoms. The normalized spacial score (nSPS) is 19.4. The van der Waals surface area contributed by atoms with E-state index in [1.54, 1.807) is 6.07 Å². The van der Waals surface area contributed by atoms with E-state index in [2.05, 4.69) is 19.9 Å². The van der Waals surface area contributed by atoms with Crippen molar-refractivity contribution in [3.63, 3.8) is 0 Å². The summed E-state index contributed by atoms with van der Waals surface area (Å²) in [5.41, 5.74) is 6.50. The molecule has 194 valence electrons. The number of aliphatic hydroxyl groups is 1. The second-order valence-electron chi connectivity index (χ2n) is 9.58. The number of benzene rings is 1. The van der Waals surface area contributed by atoms with E-state index in [1.807, 2.05) is 6.08 Å². The number of fused-ring (bicyclic) bond motifs is 2. The second kappa shape index (κ2) is 10.9. The number of hydrogen-bond acceptors (Lipinski definition) is 6. The Bertz CT molecular complexity index is 1260. The highest BCUT2D eigenvalue weighted by molar-refractivity contribution is 7.89. The van der Waals surface area contributed by atoms with Crippen LogP contribution in [0.25, 0.3) is 11.6 Å². The molecule has 1 aliphatic carbocycles. The Morgan fingerprint density at radius 3 is 2.78 bits per heavy atom. The zero-order valence-corrected chi connectivity index (χ0v) is 21.3. The zero-order valence-electron chi connectivity index (χ0n) is 20.4. The van der Waals surface area contributed by atoms with Gasteiger partial charge in [0.25, 0.3) is 5.91 Å². The van der Waals surface area contributed by atoms with Gasteiger partial charge in [-0.2, -0.15) is 0 Å². The van der Waals surface area contributed by atoms with E-state index in [0.717, 1.165) is 70.6 Å². The fourth-order valence-corrected chi connectivity index (χ4v) is 6.42. The Labute approximate surface area is 212 Å². The highest BCUT2D eigenvalue weighted by Crippen LogP contribution is 2.37. The molecule has 1 fully saturated rings. The number of anilines is 1. The molecule has 36 heavy (non-hydrogen) atoms. The number of morpholine rings is 1. The molecule has 1 aromatic carbocycles. The first-order valence-corrected chi connectivity index (χ1v) is 14.3. The molecule has 9 nitrogen and oxygen atoms in total. The van der Waals surface area contributed by atoms with Crippen LogP contribution in [-0.2, 0) is 38.8 Å². The van der Waals surface area contributed by atoms with Crippen molar-refractivity contribution < 1.29 is 23.1 Å².